The highest BCUT2D eigenvalue weighted by Gasteiger charge is 2.48. The van der Waals surface area contributed by atoms with Crippen molar-refractivity contribution in [3.05, 3.63) is 36.0 Å². The molecule has 32 heavy (non-hydrogen) atoms. The van der Waals surface area contributed by atoms with Gasteiger partial charge in [-0.1, -0.05) is 31.0 Å². The fourth-order valence-corrected chi connectivity index (χ4v) is 5.54. The van der Waals surface area contributed by atoms with Crippen LogP contribution < -0.4 is 5.32 Å². The molecule has 2 amide bonds. The zero-order valence-corrected chi connectivity index (χ0v) is 19.0. The number of amides is 2. The quantitative estimate of drug-likeness (QED) is 0.753. The van der Waals surface area contributed by atoms with Crippen LogP contribution in [0.4, 0.5) is 0 Å². The van der Waals surface area contributed by atoms with Gasteiger partial charge in [0.1, 0.15) is 11.2 Å². The fraction of sp³-hybridized carbons (Fsp3) is 0.600. The summed E-state index contributed by atoms with van der Waals surface area (Å²) in [5, 5.41) is 4.32. The van der Waals surface area contributed by atoms with E-state index in [1.165, 1.54) is 0 Å². The van der Waals surface area contributed by atoms with Crippen molar-refractivity contribution < 1.29 is 14.3 Å². The molecule has 1 saturated heterocycles. The van der Waals surface area contributed by atoms with Crippen molar-refractivity contribution >= 4 is 22.7 Å². The smallest absolute Gasteiger partial charge is 0.271 e. The summed E-state index contributed by atoms with van der Waals surface area (Å²) < 4.78 is 7.49. The topological polar surface area (TPSA) is 66.8 Å². The molecule has 1 aromatic carbocycles. The molecule has 1 aromatic heterocycles. The van der Waals surface area contributed by atoms with Gasteiger partial charge in [-0.25, -0.2) is 0 Å². The second-order valence-electron chi connectivity index (χ2n) is 9.67. The lowest BCUT2D eigenvalue weighted by Gasteiger charge is -2.44. The number of nitrogens with one attached hydrogen (secondary N) is 1. The number of rotatable bonds is 6. The predicted molar refractivity (Wildman–Crippen MR) is 124 cm³/mol. The summed E-state index contributed by atoms with van der Waals surface area (Å²) in [4.78, 5) is 31.6. The van der Waals surface area contributed by atoms with Gasteiger partial charge in [0.2, 0.25) is 5.91 Å². The Balaban J connectivity index is 1.41. The van der Waals surface area contributed by atoms with Gasteiger partial charge in [0.05, 0.1) is 19.8 Å². The number of hydrogen-bond donors (Lipinski definition) is 1. The van der Waals surface area contributed by atoms with E-state index in [0.29, 0.717) is 18.8 Å². The van der Waals surface area contributed by atoms with Crippen molar-refractivity contribution in [1.29, 1.82) is 0 Å². The predicted octanol–water partition coefficient (Wildman–Crippen LogP) is 2.64. The van der Waals surface area contributed by atoms with Crippen LogP contribution in [0.5, 0.6) is 0 Å². The van der Waals surface area contributed by atoms with Crippen LogP contribution >= 0.6 is 0 Å². The highest BCUT2D eigenvalue weighted by Crippen LogP contribution is 2.33. The molecule has 172 valence electrons. The molecular formula is C25H34N4O3. The molecule has 2 fully saturated rings. The third kappa shape index (κ3) is 3.92. The van der Waals surface area contributed by atoms with Crippen molar-refractivity contribution in [3.8, 4) is 0 Å². The van der Waals surface area contributed by atoms with Gasteiger partial charge >= 0.3 is 0 Å². The van der Waals surface area contributed by atoms with E-state index >= 15 is 0 Å². The minimum absolute atomic E-state index is 0.0208. The van der Waals surface area contributed by atoms with Crippen LogP contribution in [0.25, 0.3) is 10.9 Å². The number of nitrogens with zero attached hydrogens (tertiary/aromatic N) is 3. The van der Waals surface area contributed by atoms with Gasteiger partial charge in [0.15, 0.2) is 0 Å². The third-order valence-electron chi connectivity index (χ3n) is 7.48. The molecular weight excluding hydrogens is 404 g/mol. The van der Waals surface area contributed by atoms with E-state index in [1.807, 2.05) is 46.7 Å². The van der Waals surface area contributed by atoms with Gasteiger partial charge in [0.25, 0.3) is 5.91 Å². The Morgan fingerprint density at radius 3 is 2.69 bits per heavy atom. The summed E-state index contributed by atoms with van der Waals surface area (Å²) in [6.07, 6.45) is 5.24. The number of fused-ring (bicyclic) bond motifs is 3. The van der Waals surface area contributed by atoms with Gasteiger partial charge < -0.3 is 19.5 Å². The number of aromatic nitrogens is 1. The number of benzene rings is 1. The van der Waals surface area contributed by atoms with Crippen LogP contribution in [0.3, 0.4) is 0 Å². The molecule has 7 nitrogen and oxygen atoms in total. The summed E-state index contributed by atoms with van der Waals surface area (Å²) in [6.45, 7) is 7.32. The summed E-state index contributed by atoms with van der Waals surface area (Å²) in [5.41, 5.74) is 0.798. The number of ether oxygens (including phenoxy) is 1. The first-order valence-corrected chi connectivity index (χ1v) is 12.1. The number of carbonyl (C=O) groups excluding carboxylic acids is 2. The zero-order valence-electron chi connectivity index (χ0n) is 19.0. The van der Waals surface area contributed by atoms with E-state index in [1.54, 1.807) is 0 Å². The highest BCUT2D eigenvalue weighted by atomic mass is 16.5. The van der Waals surface area contributed by atoms with E-state index < -0.39 is 5.54 Å². The molecule has 0 spiro atoms. The Morgan fingerprint density at radius 2 is 1.91 bits per heavy atom. The van der Waals surface area contributed by atoms with Crippen molar-refractivity contribution in [2.45, 2.75) is 57.2 Å². The van der Waals surface area contributed by atoms with Gasteiger partial charge in [-0.2, -0.15) is 0 Å². The Kier molecular flexibility index (Phi) is 5.95. The van der Waals surface area contributed by atoms with E-state index in [2.05, 4.69) is 10.2 Å². The fourth-order valence-electron chi connectivity index (χ4n) is 5.54. The summed E-state index contributed by atoms with van der Waals surface area (Å²) >= 11 is 0. The molecule has 1 N–H and O–H groups in total. The zero-order chi connectivity index (χ0) is 22.1. The molecule has 1 aliphatic carbocycles. The average molecular weight is 439 g/mol. The molecule has 0 radical (unpaired) electrons. The molecule has 2 aromatic rings. The molecule has 1 saturated carbocycles. The third-order valence-corrected chi connectivity index (χ3v) is 7.48. The lowest BCUT2D eigenvalue weighted by atomic mass is 9.93. The van der Waals surface area contributed by atoms with Crippen molar-refractivity contribution in [1.82, 2.24) is 19.7 Å². The van der Waals surface area contributed by atoms with Crippen LogP contribution in [0, 0.1) is 0 Å². The van der Waals surface area contributed by atoms with Crippen molar-refractivity contribution in [2.75, 3.05) is 39.4 Å². The monoisotopic (exact) mass is 438 g/mol. The number of carbonyl (C=O) groups is 2. The van der Waals surface area contributed by atoms with Crippen molar-refractivity contribution in [3.63, 3.8) is 0 Å². The van der Waals surface area contributed by atoms with Crippen LogP contribution in [-0.4, -0.2) is 77.2 Å². The lowest BCUT2D eigenvalue weighted by Crippen LogP contribution is -2.65. The Morgan fingerprint density at radius 1 is 1.16 bits per heavy atom. The van der Waals surface area contributed by atoms with E-state index in [-0.39, 0.29) is 17.9 Å². The Hall–Kier alpha value is -2.38. The average Bonchev–Trinajstić information content (AvgIpc) is 3.45. The molecule has 3 heterocycles. The number of morpholine rings is 1. The summed E-state index contributed by atoms with van der Waals surface area (Å²) in [6, 6.07) is 10.3. The first kappa shape index (κ1) is 21.5. The largest absolute Gasteiger partial charge is 0.379 e. The van der Waals surface area contributed by atoms with Crippen molar-refractivity contribution in [2.24, 2.45) is 0 Å². The Labute approximate surface area is 189 Å². The number of para-hydroxylation sites is 1. The molecule has 0 unspecified atom stereocenters. The highest BCUT2D eigenvalue weighted by molar-refractivity contribution is 6.03. The minimum atomic E-state index is -0.903. The first-order chi connectivity index (χ1) is 15.6. The van der Waals surface area contributed by atoms with Crippen LogP contribution in [0.1, 0.15) is 49.5 Å². The maximum absolute atomic E-state index is 13.7. The van der Waals surface area contributed by atoms with E-state index in [9.17, 15) is 9.59 Å². The van der Waals surface area contributed by atoms with Crippen LogP contribution in [0.15, 0.2) is 30.3 Å². The van der Waals surface area contributed by atoms with Gasteiger partial charge in [-0.15, -0.1) is 0 Å². The van der Waals surface area contributed by atoms with Gasteiger partial charge in [-0.3, -0.25) is 14.5 Å². The minimum Gasteiger partial charge on any atom is -0.379 e. The maximum Gasteiger partial charge on any atom is 0.271 e. The summed E-state index contributed by atoms with van der Waals surface area (Å²) in [7, 11) is 0. The SMILES string of the molecule is C[C@]1(C(=O)NC2CCCC2)Cn2c(cc3ccccc32)C(=O)N1CCCN1CCOCC1. The van der Waals surface area contributed by atoms with E-state index in [4.69, 9.17) is 4.74 Å². The maximum atomic E-state index is 13.7. The van der Waals surface area contributed by atoms with Crippen LogP contribution in [-0.2, 0) is 16.1 Å². The first-order valence-electron chi connectivity index (χ1n) is 12.1. The number of hydrogen-bond acceptors (Lipinski definition) is 4. The van der Waals surface area contributed by atoms with Gasteiger partial charge in [-0.05, 0) is 38.3 Å². The molecule has 0 bridgehead atoms. The Bertz CT molecular complexity index is 990. The molecule has 5 rings (SSSR count). The summed E-state index contributed by atoms with van der Waals surface area (Å²) in [5.74, 6) is -0.0638. The molecule has 3 aliphatic rings. The normalized spacial score (nSPS) is 24.8. The van der Waals surface area contributed by atoms with E-state index in [0.717, 1.165) is 75.9 Å². The van der Waals surface area contributed by atoms with Gasteiger partial charge in [0, 0.05) is 43.1 Å². The molecule has 7 heteroatoms. The standard InChI is InChI=1S/C25H34N4O3/c1-25(24(31)26-20-8-3-4-9-20)18-28-21-10-5-2-7-19(21)17-22(28)23(30)29(25)12-6-11-27-13-15-32-16-14-27/h2,5,7,10,17,20H,3-4,6,8-9,11-16,18H2,1H3,(H,26,31)/t25-/m1/s1. The molecule has 1 atom stereocenters. The van der Waals surface area contributed by atoms with Crippen LogP contribution in [0.2, 0.25) is 0 Å². The lowest BCUT2D eigenvalue weighted by molar-refractivity contribution is -0.133. The second kappa shape index (κ2) is 8.87. The second-order valence-corrected chi connectivity index (χ2v) is 9.67. The molecule has 2 aliphatic heterocycles.